The minimum atomic E-state index is -0.935. The number of fused-ring (bicyclic) bond motifs is 1. The molecule has 0 N–H and O–H groups in total. The maximum Gasteiger partial charge on any atom is 0.219 e. The van der Waals surface area contributed by atoms with Gasteiger partial charge in [0.25, 0.3) is 0 Å². The molecule has 0 bridgehead atoms. The van der Waals surface area contributed by atoms with Crippen LogP contribution in [0.25, 0.3) is 0 Å². The molecule has 144 valence electrons. The predicted octanol–water partition coefficient (Wildman–Crippen LogP) is 3.87. The maximum absolute atomic E-state index is 13.2. The minimum absolute atomic E-state index is 0.218. The third-order valence-electron chi connectivity index (χ3n) is 4.99. The van der Waals surface area contributed by atoms with Crippen molar-refractivity contribution in [2.45, 2.75) is 18.7 Å². The van der Waals surface area contributed by atoms with Gasteiger partial charge in [-0.25, -0.2) is 0 Å². The minimum Gasteiger partial charge on any atom is -0.295 e. The van der Waals surface area contributed by atoms with Crippen LogP contribution in [0.4, 0.5) is 0 Å². The Bertz CT molecular complexity index is 1030. The topological polar surface area (TPSA) is 63.7 Å². The Balaban J connectivity index is 1.70. The van der Waals surface area contributed by atoms with Gasteiger partial charge in [0.1, 0.15) is 6.04 Å². The van der Waals surface area contributed by atoms with Crippen LogP contribution in [-0.4, -0.2) is 22.9 Å². The molecule has 0 spiro atoms. The Morgan fingerprint density at radius 3 is 2.21 bits per heavy atom. The molecule has 29 heavy (non-hydrogen) atoms. The van der Waals surface area contributed by atoms with Crippen molar-refractivity contribution in [2.24, 2.45) is 0 Å². The second-order valence-electron chi connectivity index (χ2n) is 6.82. The summed E-state index contributed by atoms with van der Waals surface area (Å²) in [5.41, 5.74) is 2.81. The van der Waals surface area contributed by atoms with Crippen molar-refractivity contribution in [3.05, 3.63) is 107 Å². The molecule has 3 aromatic rings. The lowest BCUT2D eigenvalue weighted by molar-refractivity contribution is -0.210. The smallest absolute Gasteiger partial charge is 0.219 e. The van der Waals surface area contributed by atoms with Gasteiger partial charge < -0.3 is 0 Å². The number of hydroxylamine groups is 2. The summed E-state index contributed by atoms with van der Waals surface area (Å²) in [6.07, 6.45) is -0.630. The Hall–Kier alpha value is -3.41. The number of benzene rings is 3. The largest absolute Gasteiger partial charge is 0.295 e. The molecule has 1 heterocycles. The van der Waals surface area contributed by atoms with E-state index >= 15 is 0 Å². The lowest BCUT2D eigenvalue weighted by Crippen LogP contribution is -2.33. The van der Waals surface area contributed by atoms with Crippen LogP contribution in [0.15, 0.2) is 84.9 Å². The van der Waals surface area contributed by atoms with E-state index in [9.17, 15) is 14.4 Å². The van der Waals surface area contributed by atoms with Crippen LogP contribution >= 0.6 is 0 Å². The molecule has 1 aliphatic rings. The molecule has 0 saturated heterocycles. The Labute approximate surface area is 168 Å². The van der Waals surface area contributed by atoms with Gasteiger partial charge in [-0.05, 0) is 16.7 Å². The van der Waals surface area contributed by atoms with Gasteiger partial charge in [0.05, 0.1) is 6.54 Å². The van der Waals surface area contributed by atoms with E-state index in [1.54, 1.807) is 30.3 Å². The number of nitrogens with zero attached hydrogens (tertiary/aromatic N) is 1. The summed E-state index contributed by atoms with van der Waals surface area (Å²) in [4.78, 5) is 43.0. The van der Waals surface area contributed by atoms with Crippen molar-refractivity contribution >= 4 is 17.9 Å². The van der Waals surface area contributed by atoms with Gasteiger partial charge in [-0.3, -0.25) is 19.2 Å². The van der Waals surface area contributed by atoms with Crippen molar-refractivity contribution in [2.75, 3.05) is 0 Å². The van der Waals surface area contributed by atoms with Gasteiger partial charge in [-0.1, -0.05) is 84.9 Å². The molecule has 5 nitrogen and oxygen atoms in total. The van der Waals surface area contributed by atoms with Gasteiger partial charge in [0.15, 0.2) is 18.2 Å². The van der Waals surface area contributed by atoms with Crippen LogP contribution in [0.5, 0.6) is 0 Å². The fourth-order valence-electron chi connectivity index (χ4n) is 3.59. The SMILES string of the molecule is O=CC(=O)C1c2ccccc2CN1OC(C(=O)c1ccccc1)c1ccccc1. The second kappa shape index (κ2) is 8.31. The van der Waals surface area contributed by atoms with Gasteiger partial charge >= 0.3 is 0 Å². The third-order valence-corrected chi connectivity index (χ3v) is 4.99. The van der Waals surface area contributed by atoms with E-state index in [2.05, 4.69) is 0 Å². The third kappa shape index (κ3) is 3.78. The standard InChI is InChI=1S/C24H19NO4/c26-16-21(27)22-20-14-8-7-13-19(20)15-25(22)29-24(18-11-5-2-6-12-18)23(28)17-9-3-1-4-10-17/h1-14,16,22,24H,15H2. The molecule has 5 heteroatoms. The van der Waals surface area contributed by atoms with E-state index < -0.39 is 17.9 Å². The zero-order chi connectivity index (χ0) is 20.2. The van der Waals surface area contributed by atoms with Crippen molar-refractivity contribution < 1.29 is 19.2 Å². The van der Waals surface area contributed by atoms with Gasteiger partial charge in [-0.15, -0.1) is 0 Å². The average molecular weight is 385 g/mol. The molecule has 0 aliphatic carbocycles. The normalized spacial score (nSPS) is 16.8. The highest BCUT2D eigenvalue weighted by atomic mass is 16.7. The highest BCUT2D eigenvalue weighted by molar-refractivity contribution is 6.27. The van der Waals surface area contributed by atoms with Crippen molar-refractivity contribution in [3.63, 3.8) is 0 Å². The summed E-state index contributed by atoms with van der Waals surface area (Å²) in [5, 5.41) is 1.44. The summed E-state index contributed by atoms with van der Waals surface area (Å²) >= 11 is 0. The average Bonchev–Trinajstić information content (AvgIpc) is 3.15. The summed E-state index contributed by atoms with van der Waals surface area (Å²) in [7, 11) is 0. The molecule has 2 unspecified atom stereocenters. The predicted molar refractivity (Wildman–Crippen MR) is 107 cm³/mol. The fraction of sp³-hybridized carbons (Fsp3) is 0.125. The number of hydrogen-bond donors (Lipinski definition) is 0. The number of carbonyl (C=O) groups excluding carboxylic acids is 3. The molecule has 0 saturated carbocycles. The summed E-state index contributed by atoms with van der Waals surface area (Å²) in [5.74, 6) is -0.820. The summed E-state index contributed by atoms with van der Waals surface area (Å²) in [6, 6.07) is 24.5. The van der Waals surface area contributed by atoms with Crippen molar-refractivity contribution in [3.8, 4) is 0 Å². The molecule has 0 fully saturated rings. The van der Waals surface area contributed by atoms with Crippen LogP contribution in [0.3, 0.4) is 0 Å². The van der Waals surface area contributed by atoms with Crippen LogP contribution < -0.4 is 0 Å². The van der Waals surface area contributed by atoms with Crippen LogP contribution in [0.1, 0.15) is 39.2 Å². The van der Waals surface area contributed by atoms with Gasteiger partial charge in [0, 0.05) is 5.56 Å². The number of hydrogen-bond acceptors (Lipinski definition) is 5. The molecule has 0 aromatic heterocycles. The Morgan fingerprint density at radius 2 is 1.52 bits per heavy atom. The molecular weight excluding hydrogens is 366 g/mol. The number of aldehydes is 1. The molecule has 4 rings (SSSR count). The first-order valence-corrected chi connectivity index (χ1v) is 9.33. The highest BCUT2D eigenvalue weighted by Gasteiger charge is 2.39. The highest BCUT2D eigenvalue weighted by Crippen LogP contribution is 2.37. The van der Waals surface area contributed by atoms with Crippen molar-refractivity contribution in [1.29, 1.82) is 0 Å². The molecule has 2 atom stereocenters. The number of Topliss-reactive ketones (excluding diaryl/α,β-unsaturated/α-hetero) is 2. The number of ketones is 2. The van der Waals surface area contributed by atoms with Crippen LogP contribution in [0, 0.1) is 0 Å². The molecular formula is C24H19NO4. The number of carbonyl (C=O) groups is 3. The monoisotopic (exact) mass is 385 g/mol. The zero-order valence-electron chi connectivity index (χ0n) is 15.6. The van der Waals surface area contributed by atoms with E-state index in [4.69, 9.17) is 4.84 Å². The van der Waals surface area contributed by atoms with Crippen LogP contribution in [0.2, 0.25) is 0 Å². The zero-order valence-corrected chi connectivity index (χ0v) is 15.6. The lowest BCUT2D eigenvalue weighted by Gasteiger charge is -2.27. The quantitative estimate of drug-likeness (QED) is 0.351. The lowest BCUT2D eigenvalue weighted by atomic mass is 10.00. The van der Waals surface area contributed by atoms with E-state index in [1.807, 2.05) is 54.6 Å². The Kier molecular flexibility index (Phi) is 5.42. The number of rotatable bonds is 7. The first-order chi connectivity index (χ1) is 14.2. The molecule has 0 radical (unpaired) electrons. The van der Waals surface area contributed by atoms with E-state index in [0.717, 1.165) is 11.1 Å². The van der Waals surface area contributed by atoms with E-state index in [-0.39, 0.29) is 5.78 Å². The fourth-order valence-corrected chi connectivity index (χ4v) is 3.59. The summed E-state index contributed by atoms with van der Waals surface area (Å²) in [6.45, 7) is 0.311. The second-order valence-corrected chi connectivity index (χ2v) is 6.82. The first kappa shape index (κ1) is 18.9. The molecule has 1 aliphatic heterocycles. The van der Waals surface area contributed by atoms with E-state index in [1.165, 1.54) is 5.06 Å². The molecule has 3 aromatic carbocycles. The molecule has 0 amide bonds. The summed E-state index contributed by atoms with van der Waals surface area (Å²) < 4.78 is 0. The van der Waals surface area contributed by atoms with E-state index in [0.29, 0.717) is 24.0 Å². The first-order valence-electron chi connectivity index (χ1n) is 9.33. The van der Waals surface area contributed by atoms with Gasteiger partial charge in [-0.2, -0.15) is 5.06 Å². The van der Waals surface area contributed by atoms with Crippen LogP contribution in [-0.2, 0) is 21.0 Å². The maximum atomic E-state index is 13.2. The van der Waals surface area contributed by atoms with Gasteiger partial charge in [0.2, 0.25) is 5.78 Å². The van der Waals surface area contributed by atoms with Crippen molar-refractivity contribution in [1.82, 2.24) is 5.06 Å². The Morgan fingerprint density at radius 1 is 0.897 bits per heavy atom.